The van der Waals surface area contributed by atoms with Crippen molar-refractivity contribution in [2.24, 2.45) is 0 Å². The topological polar surface area (TPSA) is 30.5 Å². The van der Waals surface area contributed by atoms with Gasteiger partial charge in [0.1, 0.15) is 35.6 Å². The van der Waals surface area contributed by atoms with Crippen molar-refractivity contribution in [3.05, 3.63) is 95.6 Å². The van der Waals surface area contributed by atoms with Crippen LogP contribution >= 0.6 is 67.8 Å². The molecule has 166 valence electrons. The van der Waals surface area contributed by atoms with E-state index in [2.05, 4.69) is 158 Å². The van der Waals surface area contributed by atoms with Crippen molar-refractivity contribution in [1.29, 1.82) is 0 Å². The van der Waals surface area contributed by atoms with Crippen molar-refractivity contribution in [3.63, 3.8) is 0 Å². The smallest absolute Gasteiger partial charge is 0.190 e. The maximum atomic E-state index is 5.99. The third-order valence-electron chi connectivity index (χ3n) is 5.10. The fourth-order valence-electron chi connectivity index (χ4n) is 3.66. The lowest BCUT2D eigenvalue weighted by Crippen LogP contribution is -2.14. The van der Waals surface area contributed by atoms with Crippen LogP contribution in [0.5, 0.6) is 11.5 Å². The molecule has 0 aromatic heterocycles. The molecule has 0 atom stereocenters. The van der Waals surface area contributed by atoms with Crippen LogP contribution in [0.4, 0.5) is 11.4 Å². The van der Waals surface area contributed by atoms with E-state index in [1.807, 2.05) is 0 Å². The van der Waals surface area contributed by atoms with Gasteiger partial charge in [-0.25, -0.2) is 0 Å². The number of anilines is 2. The maximum Gasteiger partial charge on any atom is 0.190 e. The summed E-state index contributed by atoms with van der Waals surface area (Å²) >= 11 is 6.97. The first-order chi connectivity index (χ1) is 16.1. The summed E-state index contributed by atoms with van der Waals surface area (Å²) < 4.78 is 15.4. The highest BCUT2D eigenvalue weighted by Crippen LogP contribution is 2.44. The van der Waals surface area contributed by atoms with Crippen molar-refractivity contribution in [3.8, 4) is 11.5 Å². The largest absolute Gasteiger partial charge is 0.490 e. The Morgan fingerprint density at radius 2 is 1.21 bits per heavy atom. The van der Waals surface area contributed by atoms with E-state index in [1.54, 1.807) is 0 Å². The predicted octanol–water partition coefficient (Wildman–Crippen LogP) is 8.11. The molecule has 0 unspecified atom stereocenters. The molecule has 1 heterocycles. The third kappa shape index (κ3) is 5.25. The third-order valence-corrected chi connectivity index (χ3v) is 9.66. The number of nitrogens with one attached hydrogen (secondary N) is 1. The summed E-state index contributed by atoms with van der Waals surface area (Å²) in [6.07, 6.45) is 0. The highest BCUT2D eigenvalue weighted by atomic mass is 127. The zero-order valence-corrected chi connectivity index (χ0v) is 24.6. The molecule has 4 aromatic carbocycles. The second-order valence-electron chi connectivity index (χ2n) is 7.29. The summed E-state index contributed by atoms with van der Waals surface area (Å²) in [6.45, 7) is 1.00. The van der Waals surface area contributed by atoms with E-state index in [9.17, 15) is 0 Å². The zero-order valence-electron chi connectivity index (χ0n) is 17.4. The molecule has 1 aliphatic heterocycles. The van der Waals surface area contributed by atoms with Gasteiger partial charge in [-0.3, -0.25) is 0 Å². The van der Waals surface area contributed by atoms with Crippen LogP contribution in [-0.2, 0) is 10.9 Å². The number of halogens is 3. The Hall–Kier alpha value is -1.18. The van der Waals surface area contributed by atoms with Crippen LogP contribution in [0.25, 0.3) is 0 Å². The fraction of sp³-hybridized carbons (Fsp3) is 0.0769. The molecule has 0 aliphatic carbocycles. The van der Waals surface area contributed by atoms with Gasteiger partial charge in [0.15, 0.2) is 14.7 Å². The van der Waals surface area contributed by atoms with E-state index >= 15 is 0 Å². The summed E-state index contributed by atoms with van der Waals surface area (Å²) in [5.74, 6) is 1.79. The van der Waals surface area contributed by atoms with Crippen molar-refractivity contribution in [2.75, 3.05) is 18.5 Å². The second-order valence-corrected chi connectivity index (χ2v) is 12.8. The summed E-state index contributed by atoms with van der Waals surface area (Å²) in [4.78, 5) is 3.92. The van der Waals surface area contributed by atoms with Gasteiger partial charge in [-0.1, -0.05) is 24.3 Å². The molecule has 1 N–H and O–H groups in total. The van der Waals surface area contributed by atoms with Crippen molar-refractivity contribution in [2.45, 2.75) is 14.7 Å². The van der Waals surface area contributed by atoms with Gasteiger partial charge < -0.3 is 14.8 Å². The summed E-state index contributed by atoms with van der Waals surface area (Å²) in [5, 5.41) is 3.58. The maximum absolute atomic E-state index is 5.99. The summed E-state index contributed by atoms with van der Waals surface area (Å²) in [5.41, 5.74) is 2.36. The van der Waals surface area contributed by atoms with E-state index in [1.165, 1.54) is 29.6 Å². The summed E-state index contributed by atoms with van der Waals surface area (Å²) in [6, 6.07) is 29.9. The Bertz CT molecular complexity index is 1230. The van der Waals surface area contributed by atoms with Gasteiger partial charge >= 0.3 is 0 Å². The number of para-hydroxylation sites is 2. The number of benzene rings is 4. The molecule has 4 aromatic rings. The molecule has 0 amide bonds. The van der Waals surface area contributed by atoms with E-state index in [4.69, 9.17) is 9.47 Å². The molecule has 3 nitrogen and oxygen atoms in total. The van der Waals surface area contributed by atoms with Crippen molar-refractivity contribution >= 4 is 90.0 Å². The average molecular weight is 790 g/mol. The first-order valence-electron chi connectivity index (χ1n) is 10.3. The predicted molar refractivity (Wildman–Crippen MR) is 160 cm³/mol. The fourth-order valence-corrected chi connectivity index (χ4v) is 9.81. The lowest BCUT2D eigenvalue weighted by Gasteiger charge is -2.20. The second kappa shape index (κ2) is 10.6. The first-order valence-corrected chi connectivity index (χ1v) is 14.8. The molecule has 0 radical (unpaired) electrons. The van der Waals surface area contributed by atoms with Gasteiger partial charge in [0.05, 0.1) is 18.5 Å². The minimum Gasteiger partial charge on any atom is -0.490 e. The van der Waals surface area contributed by atoms with Crippen LogP contribution < -0.4 is 14.8 Å². The Kier molecular flexibility index (Phi) is 7.57. The van der Waals surface area contributed by atoms with Crippen LogP contribution in [0, 0.1) is 10.7 Å². The molecular weight excluding hydrogens is 771 g/mol. The lowest BCUT2D eigenvalue weighted by atomic mass is 10.2. The van der Waals surface area contributed by atoms with Gasteiger partial charge in [0, 0.05) is 3.57 Å². The van der Waals surface area contributed by atoms with Crippen LogP contribution in [0.3, 0.4) is 0 Å². The van der Waals surface area contributed by atoms with Crippen LogP contribution in [0.1, 0.15) is 0 Å². The molecule has 33 heavy (non-hydrogen) atoms. The number of rotatable bonds is 6. The van der Waals surface area contributed by atoms with Gasteiger partial charge in [-0.2, -0.15) is 0 Å². The van der Waals surface area contributed by atoms with Crippen molar-refractivity contribution in [1.82, 2.24) is 0 Å². The van der Waals surface area contributed by atoms with Gasteiger partial charge in [-0.15, -0.1) is 0 Å². The van der Waals surface area contributed by atoms with Gasteiger partial charge in [-0.05, 0) is 128 Å². The standard InChI is InChI=1S/C26H19I3NO2S/c27-17-15-20(28)26(21(29)16-17)32-14-13-31-18-9-11-19(12-10-18)33-24-7-3-1-5-22(24)30-23-6-2-4-8-25(23)33/h1-12,15-16,30H,13-14H2/q+1. The van der Waals surface area contributed by atoms with Crippen LogP contribution in [-0.4, -0.2) is 13.2 Å². The van der Waals surface area contributed by atoms with Crippen molar-refractivity contribution < 1.29 is 9.47 Å². The number of hydrogen-bond donors (Lipinski definition) is 1. The van der Waals surface area contributed by atoms with E-state index < -0.39 is 0 Å². The van der Waals surface area contributed by atoms with E-state index in [0.29, 0.717) is 13.2 Å². The Morgan fingerprint density at radius 3 is 1.82 bits per heavy atom. The molecule has 5 rings (SSSR count). The quantitative estimate of drug-likeness (QED) is 0.107. The number of fused-ring (bicyclic) bond motifs is 2. The highest BCUT2D eigenvalue weighted by molar-refractivity contribution is 14.1. The SMILES string of the molecule is Ic1cc(I)c(OCCOc2ccc([S+]3c4ccccc4Nc4ccccc43)cc2)c(I)c1. The molecular formula is C26H19I3NO2S+. The number of hydrogen-bond acceptors (Lipinski definition) is 3. The number of ether oxygens (including phenoxy) is 2. The molecule has 0 bridgehead atoms. The minimum absolute atomic E-state index is 0.151. The average Bonchev–Trinajstić information content (AvgIpc) is 2.82. The molecule has 7 heteroatoms. The van der Waals surface area contributed by atoms with E-state index in [0.717, 1.165) is 18.6 Å². The van der Waals surface area contributed by atoms with Gasteiger partial charge in [0.25, 0.3) is 0 Å². The molecule has 0 spiro atoms. The normalized spacial score (nSPS) is 12.5. The summed E-state index contributed by atoms with van der Waals surface area (Å²) in [7, 11) is -0.151. The molecule has 0 saturated carbocycles. The Morgan fingerprint density at radius 1 is 0.667 bits per heavy atom. The zero-order chi connectivity index (χ0) is 22.8. The van der Waals surface area contributed by atoms with E-state index in [-0.39, 0.29) is 10.9 Å². The molecule has 0 fully saturated rings. The Balaban J connectivity index is 1.28. The molecule has 0 saturated heterocycles. The molecule has 1 aliphatic rings. The lowest BCUT2D eigenvalue weighted by molar-refractivity contribution is 0.215. The highest BCUT2D eigenvalue weighted by Gasteiger charge is 2.37. The first kappa shape index (κ1) is 23.6. The Labute approximate surface area is 237 Å². The monoisotopic (exact) mass is 790 g/mol. The van der Waals surface area contributed by atoms with Crippen LogP contribution in [0.2, 0.25) is 0 Å². The van der Waals surface area contributed by atoms with Crippen LogP contribution in [0.15, 0.2) is 99.6 Å². The minimum atomic E-state index is -0.151. The van der Waals surface area contributed by atoms with Gasteiger partial charge in [0.2, 0.25) is 0 Å².